The Kier molecular flexibility index (Phi) is 2.90. The molecule has 4 saturated heterocycles. The van der Waals surface area contributed by atoms with Gasteiger partial charge in [0.05, 0.1) is 6.10 Å². The zero-order chi connectivity index (χ0) is 12.1. The van der Waals surface area contributed by atoms with E-state index < -0.39 is 0 Å². The van der Waals surface area contributed by atoms with E-state index in [4.69, 9.17) is 0 Å². The Morgan fingerprint density at radius 2 is 1.56 bits per heavy atom. The number of fused-ring (bicyclic) bond motifs is 6. The van der Waals surface area contributed by atoms with Gasteiger partial charge in [0.1, 0.15) is 0 Å². The minimum absolute atomic E-state index is 0.0260. The van der Waals surface area contributed by atoms with Crippen LogP contribution in [0, 0.1) is 11.8 Å². The molecular formula is C15H26N2O. The number of nitrogens with zero attached hydrogens (tertiary/aromatic N) is 2. The topological polar surface area (TPSA) is 26.7 Å². The average Bonchev–Trinajstić information content (AvgIpc) is 2.40. The molecule has 0 radical (unpaired) electrons. The molecule has 0 aromatic heterocycles. The molecule has 1 N–H and O–H groups in total. The van der Waals surface area contributed by atoms with E-state index in [0.717, 1.165) is 37.3 Å². The summed E-state index contributed by atoms with van der Waals surface area (Å²) in [5.74, 6) is 1.77. The monoisotopic (exact) mass is 250 g/mol. The van der Waals surface area contributed by atoms with E-state index in [1.165, 1.54) is 45.3 Å². The minimum Gasteiger partial charge on any atom is -0.393 e. The van der Waals surface area contributed by atoms with Crippen LogP contribution in [0.15, 0.2) is 0 Å². The van der Waals surface area contributed by atoms with Crippen molar-refractivity contribution in [1.29, 1.82) is 0 Å². The summed E-state index contributed by atoms with van der Waals surface area (Å²) in [5, 5.41) is 9.94. The average molecular weight is 250 g/mol. The number of piperidine rings is 4. The largest absolute Gasteiger partial charge is 0.393 e. The Bertz CT molecular complexity index is 322. The minimum atomic E-state index is -0.0260. The highest BCUT2D eigenvalue weighted by atomic mass is 16.3. The lowest BCUT2D eigenvalue weighted by atomic mass is 9.70. The number of rotatable bonds is 0. The zero-order valence-corrected chi connectivity index (χ0v) is 11.3. The summed E-state index contributed by atoms with van der Waals surface area (Å²) < 4.78 is 0. The van der Waals surface area contributed by atoms with Gasteiger partial charge in [0.2, 0.25) is 0 Å². The molecule has 0 aromatic carbocycles. The lowest BCUT2D eigenvalue weighted by molar-refractivity contribution is -0.0900. The maximum atomic E-state index is 9.94. The Labute approximate surface area is 110 Å². The van der Waals surface area contributed by atoms with Crippen LogP contribution in [0.5, 0.6) is 0 Å². The van der Waals surface area contributed by atoms with Crippen LogP contribution >= 0.6 is 0 Å². The summed E-state index contributed by atoms with van der Waals surface area (Å²) in [4.78, 5) is 5.51. The third-order valence-electron chi connectivity index (χ3n) is 6.03. The van der Waals surface area contributed by atoms with E-state index >= 15 is 0 Å². The van der Waals surface area contributed by atoms with E-state index in [9.17, 15) is 5.11 Å². The Morgan fingerprint density at radius 3 is 2.44 bits per heavy atom. The van der Waals surface area contributed by atoms with Crippen LogP contribution in [0.1, 0.15) is 38.5 Å². The van der Waals surface area contributed by atoms with Gasteiger partial charge in [0.25, 0.3) is 0 Å². The van der Waals surface area contributed by atoms with Crippen molar-refractivity contribution in [3.8, 4) is 0 Å². The Hall–Kier alpha value is -0.120. The highest BCUT2D eigenvalue weighted by molar-refractivity contribution is 5.01. The normalized spacial score (nSPS) is 49.5. The first kappa shape index (κ1) is 11.7. The van der Waals surface area contributed by atoms with Gasteiger partial charge in [-0.05, 0) is 50.5 Å². The predicted molar refractivity (Wildman–Crippen MR) is 71.4 cm³/mol. The van der Waals surface area contributed by atoms with Gasteiger partial charge in [-0.15, -0.1) is 0 Å². The molecule has 4 rings (SSSR count). The first-order chi connectivity index (χ1) is 8.81. The van der Waals surface area contributed by atoms with Crippen molar-refractivity contribution in [1.82, 2.24) is 9.80 Å². The molecule has 3 heteroatoms. The highest BCUT2D eigenvalue weighted by Gasteiger charge is 2.47. The standard InChI is InChI=1S/C15H26N2O/c18-13-4-6-17-9-11-7-12(15(17)8-13)10-16-5-2-1-3-14(11)16/h11-15,18H,1-10H2/t11-,12-,13?,14+,15-/m0/s1. The zero-order valence-electron chi connectivity index (χ0n) is 11.3. The van der Waals surface area contributed by atoms with E-state index in [-0.39, 0.29) is 6.10 Å². The second kappa shape index (κ2) is 4.46. The van der Waals surface area contributed by atoms with Crippen LogP contribution < -0.4 is 0 Å². The number of aliphatic hydroxyl groups is 1. The molecule has 0 spiro atoms. The van der Waals surface area contributed by atoms with Crippen molar-refractivity contribution in [3.05, 3.63) is 0 Å². The van der Waals surface area contributed by atoms with Crippen molar-refractivity contribution in [3.63, 3.8) is 0 Å². The van der Waals surface area contributed by atoms with Crippen LogP contribution in [0.2, 0.25) is 0 Å². The number of hydrogen-bond acceptors (Lipinski definition) is 3. The van der Waals surface area contributed by atoms with Crippen LogP contribution in [0.4, 0.5) is 0 Å². The molecule has 1 unspecified atom stereocenters. The fraction of sp³-hybridized carbons (Fsp3) is 1.00. The fourth-order valence-electron chi connectivity index (χ4n) is 5.22. The summed E-state index contributed by atoms with van der Waals surface area (Å²) in [5.41, 5.74) is 0. The predicted octanol–water partition coefficient (Wildman–Crippen LogP) is 1.32. The van der Waals surface area contributed by atoms with Crippen LogP contribution in [-0.2, 0) is 0 Å². The molecule has 5 atom stereocenters. The van der Waals surface area contributed by atoms with Crippen LogP contribution in [0.25, 0.3) is 0 Å². The van der Waals surface area contributed by atoms with Crippen molar-refractivity contribution in [2.75, 3.05) is 26.2 Å². The molecule has 0 saturated carbocycles. The number of aliphatic hydroxyl groups excluding tert-OH is 1. The van der Waals surface area contributed by atoms with Gasteiger partial charge in [-0.25, -0.2) is 0 Å². The molecule has 3 nitrogen and oxygen atoms in total. The summed E-state index contributed by atoms with van der Waals surface area (Å²) in [7, 11) is 0. The molecule has 102 valence electrons. The summed E-state index contributed by atoms with van der Waals surface area (Å²) >= 11 is 0. The fourth-order valence-corrected chi connectivity index (χ4v) is 5.22. The van der Waals surface area contributed by atoms with Gasteiger partial charge >= 0.3 is 0 Å². The van der Waals surface area contributed by atoms with Gasteiger partial charge in [-0.3, -0.25) is 9.80 Å². The lowest BCUT2D eigenvalue weighted by Gasteiger charge is -2.57. The van der Waals surface area contributed by atoms with E-state index in [1.807, 2.05) is 0 Å². The molecule has 4 aliphatic heterocycles. The molecule has 0 aromatic rings. The third kappa shape index (κ3) is 1.83. The molecule has 4 aliphatic rings. The van der Waals surface area contributed by atoms with Crippen LogP contribution in [0.3, 0.4) is 0 Å². The van der Waals surface area contributed by atoms with Crippen molar-refractivity contribution >= 4 is 0 Å². The maximum Gasteiger partial charge on any atom is 0.0567 e. The number of hydrogen-bond donors (Lipinski definition) is 1. The SMILES string of the molecule is OC1CCN2C[C@@H]3C[C@@H](CN4CCCC[C@H]34)[C@@H]2C1. The maximum absolute atomic E-state index is 9.94. The van der Waals surface area contributed by atoms with Crippen molar-refractivity contribution < 1.29 is 5.11 Å². The third-order valence-corrected chi connectivity index (χ3v) is 6.03. The molecule has 2 bridgehead atoms. The second-order valence-corrected chi connectivity index (χ2v) is 7.05. The molecule has 4 fully saturated rings. The Balaban J connectivity index is 1.55. The quantitative estimate of drug-likeness (QED) is 0.702. The van der Waals surface area contributed by atoms with E-state index in [2.05, 4.69) is 9.80 Å². The van der Waals surface area contributed by atoms with Crippen LogP contribution in [-0.4, -0.2) is 59.3 Å². The van der Waals surface area contributed by atoms with Crippen molar-refractivity contribution in [2.24, 2.45) is 11.8 Å². The summed E-state index contributed by atoms with van der Waals surface area (Å²) in [6.45, 7) is 5.11. The second-order valence-electron chi connectivity index (χ2n) is 7.05. The van der Waals surface area contributed by atoms with Gasteiger partial charge in [-0.1, -0.05) is 6.42 Å². The molecule has 4 heterocycles. The molecule has 18 heavy (non-hydrogen) atoms. The van der Waals surface area contributed by atoms with Gasteiger partial charge < -0.3 is 5.11 Å². The molecule has 0 amide bonds. The van der Waals surface area contributed by atoms with E-state index in [0.29, 0.717) is 6.04 Å². The summed E-state index contributed by atoms with van der Waals surface area (Å²) in [6, 6.07) is 1.58. The summed E-state index contributed by atoms with van der Waals surface area (Å²) in [6.07, 6.45) is 7.76. The Morgan fingerprint density at radius 1 is 0.778 bits per heavy atom. The molecule has 0 aliphatic carbocycles. The smallest absolute Gasteiger partial charge is 0.0567 e. The van der Waals surface area contributed by atoms with Gasteiger partial charge in [-0.2, -0.15) is 0 Å². The first-order valence-electron chi connectivity index (χ1n) is 7.97. The lowest BCUT2D eigenvalue weighted by Crippen LogP contribution is -2.64. The van der Waals surface area contributed by atoms with E-state index in [1.54, 1.807) is 0 Å². The molecular weight excluding hydrogens is 224 g/mol. The highest BCUT2D eigenvalue weighted by Crippen LogP contribution is 2.42. The van der Waals surface area contributed by atoms with Gasteiger partial charge in [0.15, 0.2) is 0 Å². The first-order valence-corrected chi connectivity index (χ1v) is 7.97. The van der Waals surface area contributed by atoms with Gasteiger partial charge in [0, 0.05) is 31.7 Å². The van der Waals surface area contributed by atoms with Crippen molar-refractivity contribution in [2.45, 2.75) is 56.7 Å².